The second-order valence-electron chi connectivity index (χ2n) is 2.61. The Hall–Kier alpha value is -0.840. The van der Waals surface area contributed by atoms with E-state index in [-0.39, 0.29) is 24.8 Å². The van der Waals surface area contributed by atoms with Crippen LogP contribution in [0.2, 0.25) is 0 Å². The van der Waals surface area contributed by atoms with Gasteiger partial charge in [-0.1, -0.05) is 0 Å². The third-order valence-electron chi connectivity index (χ3n) is 1.71. The monoisotopic (exact) mass is 234 g/mol. The molecule has 78 valence electrons. The number of fused-ring (bicyclic) bond motifs is 1. The van der Waals surface area contributed by atoms with Crippen LogP contribution in [-0.2, 0) is 6.42 Å². The van der Waals surface area contributed by atoms with Crippen LogP contribution in [0, 0.1) is 0 Å². The number of imidazole rings is 1. The third-order valence-corrected chi connectivity index (χ3v) is 1.71. The molecular weight excluding hydrogens is 223 g/mol. The number of aromatic nitrogens is 3. The predicted molar refractivity (Wildman–Crippen MR) is 61.1 cm³/mol. The molecular formula is C8H12Cl2N4. The minimum absolute atomic E-state index is 0. The van der Waals surface area contributed by atoms with Crippen LogP contribution < -0.4 is 5.73 Å². The molecule has 0 radical (unpaired) electrons. The van der Waals surface area contributed by atoms with E-state index < -0.39 is 0 Å². The van der Waals surface area contributed by atoms with E-state index >= 15 is 0 Å². The number of pyridine rings is 1. The summed E-state index contributed by atoms with van der Waals surface area (Å²) in [6, 6.07) is 1.88. The summed E-state index contributed by atoms with van der Waals surface area (Å²) in [7, 11) is 0. The fourth-order valence-electron chi connectivity index (χ4n) is 1.16. The number of nitrogens with zero attached hydrogens (tertiary/aromatic N) is 2. The van der Waals surface area contributed by atoms with Gasteiger partial charge in [0, 0.05) is 12.6 Å². The van der Waals surface area contributed by atoms with Crippen LogP contribution in [0.4, 0.5) is 0 Å². The Bertz CT molecular complexity index is 354. The average molecular weight is 235 g/mol. The van der Waals surface area contributed by atoms with Crippen molar-refractivity contribution < 1.29 is 0 Å². The van der Waals surface area contributed by atoms with Gasteiger partial charge in [-0.15, -0.1) is 24.8 Å². The Labute approximate surface area is 94.1 Å². The zero-order valence-electron chi connectivity index (χ0n) is 7.43. The molecule has 0 aliphatic rings. The van der Waals surface area contributed by atoms with Gasteiger partial charge in [0.1, 0.15) is 5.82 Å². The Morgan fingerprint density at radius 2 is 2.14 bits per heavy atom. The molecule has 14 heavy (non-hydrogen) atoms. The molecule has 0 amide bonds. The van der Waals surface area contributed by atoms with Gasteiger partial charge in [0.05, 0.1) is 17.2 Å². The van der Waals surface area contributed by atoms with E-state index in [0.29, 0.717) is 6.54 Å². The molecule has 2 heterocycles. The number of hydrogen-bond donors (Lipinski definition) is 2. The van der Waals surface area contributed by atoms with Crippen molar-refractivity contribution in [2.45, 2.75) is 6.42 Å². The van der Waals surface area contributed by atoms with Gasteiger partial charge in [-0.3, -0.25) is 4.98 Å². The van der Waals surface area contributed by atoms with Crippen molar-refractivity contribution in [2.24, 2.45) is 5.73 Å². The van der Waals surface area contributed by atoms with Gasteiger partial charge >= 0.3 is 0 Å². The lowest BCUT2D eigenvalue weighted by molar-refractivity contribution is 0.900. The molecule has 3 N–H and O–H groups in total. The summed E-state index contributed by atoms with van der Waals surface area (Å²) >= 11 is 0. The van der Waals surface area contributed by atoms with Crippen molar-refractivity contribution in [1.29, 1.82) is 0 Å². The van der Waals surface area contributed by atoms with E-state index in [1.165, 1.54) is 0 Å². The van der Waals surface area contributed by atoms with Crippen molar-refractivity contribution in [3.8, 4) is 0 Å². The molecule has 0 saturated heterocycles. The van der Waals surface area contributed by atoms with E-state index in [2.05, 4.69) is 15.0 Å². The van der Waals surface area contributed by atoms with Crippen LogP contribution in [0.5, 0.6) is 0 Å². The van der Waals surface area contributed by atoms with Crippen molar-refractivity contribution in [2.75, 3.05) is 6.54 Å². The number of rotatable bonds is 2. The predicted octanol–water partition coefficient (Wildman–Crippen LogP) is 1.30. The van der Waals surface area contributed by atoms with Crippen molar-refractivity contribution in [3.05, 3.63) is 24.3 Å². The van der Waals surface area contributed by atoms with Crippen molar-refractivity contribution >= 4 is 35.8 Å². The average Bonchev–Trinajstić information content (AvgIpc) is 2.47. The Morgan fingerprint density at radius 3 is 2.79 bits per heavy atom. The fourth-order valence-corrected chi connectivity index (χ4v) is 1.16. The highest BCUT2D eigenvalue weighted by Crippen LogP contribution is 2.08. The summed E-state index contributed by atoms with van der Waals surface area (Å²) in [5.74, 6) is 0.931. The molecule has 0 bridgehead atoms. The second kappa shape index (κ2) is 5.80. The van der Waals surface area contributed by atoms with Gasteiger partial charge in [0.2, 0.25) is 0 Å². The highest BCUT2D eigenvalue weighted by atomic mass is 35.5. The van der Waals surface area contributed by atoms with E-state index in [9.17, 15) is 0 Å². The lowest BCUT2D eigenvalue weighted by atomic mass is 10.4. The normalized spacial score (nSPS) is 9.21. The number of H-pyrrole nitrogens is 1. The quantitative estimate of drug-likeness (QED) is 0.824. The van der Waals surface area contributed by atoms with Crippen molar-refractivity contribution in [3.63, 3.8) is 0 Å². The van der Waals surface area contributed by atoms with Crippen LogP contribution in [0.15, 0.2) is 18.5 Å². The standard InChI is InChI=1S/C8H10N4.2ClH/c9-3-1-8-11-6-2-4-10-5-7(6)12-8;;/h2,4-5H,1,3,9H2,(H,11,12);2*1H. The largest absolute Gasteiger partial charge is 0.341 e. The Morgan fingerprint density at radius 1 is 1.36 bits per heavy atom. The van der Waals surface area contributed by atoms with Crippen LogP contribution in [0.25, 0.3) is 11.0 Å². The molecule has 0 saturated carbocycles. The summed E-state index contributed by atoms with van der Waals surface area (Å²) in [6.45, 7) is 0.618. The van der Waals surface area contributed by atoms with E-state index in [1.54, 1.807) is 12.4 Å². The van der Waals surface area contributed by atoms with Gasteiger partial charge in [-0.2, -0.15) is 0 Å². The molecule has 0 aliphatic carbocycles. The third kappa shape index (κ3) is 2.57. The number of nitrogens with one attached hydrogen (secondary N) is 1. The maximum absolute atomic E-state index is 5.41. The van der Waals surface area contributed by atoms with Crippen LogP contribution >= 0.6 is 24.8 Å². The molecule has 0 atom stereocenters. The number of halogens is 2. The molecule has 0 aliphatic heterocycles. The zero-order valence-corrected chi connectivity index (χ0v) is 9.07. The summed E-state index contributed by atoms with van der Waals surface area (Å²) in [6.07, 6.45) is 4.28. The molecule has 0 unspecified atom stereocenters. The van der Waals surface area contributed by atoms with Gasteiger partial charge < -0.3 is 10.7 Å². The molecule has 6 heteroatoms. The van der Waals surface area contributed by atoms with Gasteiger partial charge in [-0.25, -0.2) is 4.98 Å². The molecule has 0 spiro atoms. The lowest BCUT2D eigenvalue weighted by Crippen LogP contribution is -2.03. The van der Waals surface area contributed by atoms with Crippen molar-refractivity contribution in [1.82, 2.24) is 15.0 Å². The summed E-state index contributed by atoms with van der Waals surface area (Å²) in [4.78, 5) is 11.5. The molecule has 2 aromatic rings. The number of nitrogens with two attached hydrogens (primary N) is 1. The van der Waals surface area contributed by atoms with E-state index in [4.69, 9.17) is 5.73 Å². The van der Waals surface area contributed by atoms with Crippen LogP contribution in [0.1, 0.15) is 5.82 Å². The topological polar surface area (TPSA) is 67.6 Å². The maximum Gasteiger partial charge on any atom is 0.108 e. The van der Waals surface area contributed by atoms with Crippen LogP contribution in [0.3, 0.4) is 0 Å². The van der Waals surface area contributed by atoms with Gasteiger partial charge in [0.15, 0.2) is 0 Å². The number of aromatic amines is 1. The lowest BCUT2D eigenvalue weighted by Gasteiger charge is -1.87. The first-order valence-electron chi connectivity index (χ1n) is 3.89. The second-order valence-corrected chi connectivity index (χ2v) is 2.61. The van der Waals surface area contributed by atoms with E-state index in [0.717, 1.165) is 23.3 Å². The smallest absolute Gasteiger partial charge is 0.108 e. The number of hydrogen-bond acceptors (Lipinski definition) is 3. The summed E-state index contributed by atoms with van der Waals surface area (Å²) < 4.78 is 0. The summed E-state index contributed by atoms with van der Waals surface area (Å²) in [5, 5.41) is 0. The SMILES string of the molecule is Cl.Cl.NCCc1nc2ccncc2[nH]1. The maximum atomic E-state index is 5.41. The molecule has 2 rings (SSSR count). The first-order chi connectivity index (χ1) is 5.90. The van der Waals surface area contributed by atoms with Gasteiger partial charge in [0.25, 0.3) is 0 Å². The van der Waals surface area contributed by atoms with Gasteiger partial charge in [-0.05, 0) is 12.6 Å². The highest BCUT2D eigenvalue weighted by molar-refractivity contribution is 5.85. The first-order valence-corrected chi connectivity index (χ1v) is 3.89. The molecule has 4 nitrogen and oxygen atoms in total. The molecule has 0 aromatic carbocycles. The van der Waals surface area contributed by atoms with Crippen LogP contribution in [-0.4, -0.2) is 21.5 Å². The molecule has 0 fully saturated rings. The fraction of sp³-hybridized carbons (Fsp3) is 0.250. The molecule has 2 aromatic heterocycles. The summed E-state index contributed by atoms with van der Waals surface area (Å²) in [5.41, 5.74) is 7.33. The Balaban J connectivity index is 0.000000845. The van der Waals surface area contributed by atoms with E-state index in [1.807, 2.05) is 6.07 Å². The highest BCUT2D eigenvalue weighted by Gasteiger charge is 1.99. The first kappa shape index (κ1) is 13.2. The minimum Gasteiger partial charge on any atom is -0.341 e. The zero-order chi connectivity index (χ0) is 8.39. The Kier molecular flexibility index (Phi) is 5.45. The minimum atomic E-state index is 0.